The van der Waals surface area contributed by atoms with Crippen molar-refractivity contribution in [2.75, 3.05) is 24.8 Å². The van der Waals surface area contributed by atoms with Gasteiger partial charge in [-0.2, -0.15) is 0 Å². The molecule has 0 fully saturated rings. The second-order valence-corrected chi connectivity index (χ2v) is 10.7. The molecule has 1 N–H and O–H groups in total. The quantitative estimate of drug-likeness (QED) is 0.538. The van der Waals surface area contributed by atoms with Crippen LogP contribution in [0, 0.1) is 6.92 Å². The van der Waals surface area contributed by atoms with Crippen molar-refractivity contribution in [3.05, 3.63) is 52.0 Å². The summed E-state index contributed by atoms with van der Waals surface area (Å²) in [6, 6.07) is 7.22. The molecule has 0 saturated heterocycles. The van der Waals surface area contributed by atoms with Crippen molar-refractivity contribution >= 4 is 33.2 Å². The Kier molecular flexibility index (Phi) is 8.65. The van der Waals surface area contributed by atoms with Crippen molar-refractivity contribution in [1.29, 1.82) is 0 Å². The van der Waals surface area contributed by atoms with Gasteiger partial charge in [-0.25, -0.2) is 8.42 Å². The normalized spacial score (nSPS) is 13.4. The smallest absolute Gasteiger partial charge is 0.244 e. The average Bonchev–Trinajstić information content (AvgIpc) is 2.72. The minimum Gasteiger partial charge on any atom is -0.496 e. The lowest BCUT2D eigenvalue weighted by atomic mass is 9.93. The zero-order chi connectivity index (χ0) is 25.1. The topological polar surface area (TPSA) is 84.9 Å². The molecule has 2 rings (SSSR count). The highest BCUT2D eigenvalue weighted by Crippen LogP contribution is 2.35. The van der Waals surface area contributed by atoms with E-state index in [0.29, 0.717) is 10.8 Å². The number of carbonyl (C=O) groups is 1. The number of halogens is 1. The van der Waals surface area contributed by atoms with Gasteiger partial charge in [-0.1, -0.05) is 25.4 Å². The number of carbonyl (C=O) groups excluding carboxylic acids is 1. The van der Waals surface area contributed by atoms with E-state index in [0.717, 1.165) is 33.0 Å². The van der Waals surface area contributed by atoms with Gasteiger partial charge in [0, 0.05) is 5.02 Å². The third kappa shape index (κ3) is 6.12. The Balaban J connectivity index is 2.41. The Bertz CT molecular complexity index is 1120. The number of ether oxygens (including phenoxy) is 2. The monoisotopic (exact) mass is 496 g/mol. The van der Waals surface area contributed by atoms with Gasteiger partial charge in [-0.05, 0) is 73.7 Å². The number of hydrogen-bond acceptors (Lipinski definition) is 5. The highest BCUT2D eigenvalue weighted by atomic mass is 35.5. The van der Waals surface area contributed by atoms with Crippen LogP contribution in [0.25, 0.3) is 0 Å². The Morgan fingerprint density at radius 1 is 1.00 bits per heavy atom. The summed E-state index contributed by atoms with van der Waals surface area (Å²) in [7, 11) is -0.764. The molecule has 0 unspecified atom stereocenters. The molecule has 182 valence electrons. The standard InChI is InChI=1S/C24H33ClN2O5S/c1-14(2)19-13-20(15(3)11-23(19)32-7)16(4)26-24(28)17(5)27(33(8,29)30)21-12-18(25)9-10-22(21)31-6/h9-14,16-17H,1-8H3,(H,26,28)/t16-,17+/m1/s1. The van der Waals surface area contributed by atoms with E-state index >= 15 is 0 Å². The average molecular weight is 497 g/mol. The van der Waals surface area contributed by atoms with Crippen LogP contribution in [0.15, 0.2) is 30.3 Å². The first-order valence-corrected chi connectivity index (χ1v) is 12.9. The molecule has 0 radical (unpaired) electrons. The number of hydrogen-bond donors (Lipinski definition) is 1. The molecule has 2 atom stereocenters. The third-order valence-corrected chi connectivity index (χ3v) is 7.00. The Morgan fingerprint density at radius 3 is 2.12 bits per heavy atom. The summed E-state index contributed by atoms with van der Waals surface area (Å²) in [6.45, 7) is 9.50. The first kappa shape index (κ1) is 26.8. The van der Waals surface area contributed by atoms with Gasteiger partial charge < -0.3 is 14.8 Å². The fourth-order valence-electron chi connectivity index (χ4n) is 3.84. The Morgan fingerprint density at radius 2 is 1.61 bits per heavy atom. The van der Waals surface area contributed by atoms with Crippen LogP contribution in [0.2, 0.25) is 5.02 Å². The maximum absolute atomic E-state index is 13.2. The van der Waals surface area contributed by atoms with E-state index in [1.807, 2.05) is 26.0 Å². The molecular formula is C24H33ClN2O5S. The summed E-state index contributed by atoms with van der Waals surface area (Å²) >= 11 is 6.11. The lowest BCUT2D eigenvalue weighted by Crippen LogP contribution is -2.48. The summed E-state index contributed by atoms with van der Waals surface area (Å²) in [4.78, 5) is 13.2. The maximum atomic E-state index is 13.2. The number of rotatable bonds is 9. The predicted octanol–water partition coefficient (Wildman–Crippen LogP) is 4.82. The van der Waals surface area contributed by atoms with Crippen LogP contribution in [-0.2, 0) is 14.8 Å². The number of sulfonamides is 1. The van der Waals surface area contributed by atoms with Crippen LogP contribution in [0.1, 0.15) is 56.3 Å². The summed E-state index contributed by atoms with van der Waals surface area (Å²) < 4.78 is 37.2. The molecule has 0 saturated carbocycles. The van der Waals surface area contributed by atoms with E-state index in [2.05, 4.69) is 19.2 Å². The molecule has 0 aromatic heterocycles. The van der Waals surface area contributed by atoms with E-state index in [1.165, 1.54) is 20.1 Å². The molecule has 0 aliphatic rings. The van der Waals surface area contributed by atoms with Crippen LogP contribution in [0.3, 0.4) is 0 Å². The summed E-state index contributed by atoms with van der Waals surface area (Å²) in [5, 5.41) is 3.28. The fraction of sp³-hybridized carbons (Fsp3) is 0.458. The summed E-state index contributed by atoms with van der Waals surface area (Å²) in [5.41, 5.74) is 3.14. The molecule has 7 nitrogen and oxygen atoms in total. The minimum absolute atomic E-state index is 0.200. The van der Waals surface area contributed by atoms with Gasteiger partial charge in [-0.15, -0.1) is 0 Å². The van der Waals surface area contributed by atoms with E-state index < -0.39 is 22.0 Å². The SMILES string of the molecule is COc1cc(C)c([C@@H](C)NC(=O)[C@H](C)N(c2cc(Cl)ccc2OC)S(C)(=O)=O)cc1C(C)C. The van der Waals surface area contributed by atoms with E-state index in [4.69, 9.17) is 21.1 Å². The molecule has 0 aliphatic heterocycles. The zero-order valence-electron chi connectivity index (χ0n) is 20.4. The lowest BCUT2D eigenvalue weighted by molar-refractivity contribution is -0.122. The van der Waals surface area contributed by atoms with Crippen molar-refractivity contribution in [1.82, 2.24) is 5.32 Å². The van der Waals surface area contributed by atoms with Gasteiger partial charge in [0.15, 0.2) is 0 Å². The second kappa shape index (κ2) is 10.7. The zero-order valence-corrected chi connectivity index (χ0v) is 22.0. The van der Waals surface area contributed by atoms with Crippen LogP contribution in [-0.4, -0.2) is 40.8 Å². The highest BCUT2D eigenvalue weighted by molar-refractivity contribution is 7.92. The largest absolute Gasteiger partial charge is 0.496 e. The Labute approximate surface area is 202 Å². The molecule has 2 aromatic carbocycles. The lowest BCUT2D eigenvalue weighted by Gasteiger charge is -2.30. The number of nitrogens with one attached hydrogen (secondary N) is 1. The van der Waals surface area contributed by atoms with Gasteiger partial charge in [0.05, 0.1) is 32.2 Å². The van der Waals surface area contributed by atoms with Crippen LogP contribution >= 0.6 is 11.6 Å². The molecule has 33 heavy (non-hydrogen) atoms. The maximum Gasteiger partial charge on any atom is 0.244 e. The fourth-order valence-corrected chi connectivity index (χ4v) is 5.17. The van der Waals surface area contributed by atoms with Crippen LogP contribution in [0.4, 0.5) is 5.69 Å². The third-order valence-electron chi connectivity index (χ3n) is 5.53. The number of benzene rings is 2. The number of amides is 1. The van der Waals surface area contributed by atoms with Crippen molar-refractivity contribution in [3.8, 4) is 11.5 Å². The number of aryl methyl sites for hydroxylation is 1. The molecule has 1 amide bonds. The first-order chi connectivity index (χ1) is 15.3. The van der Waals surface area contributed by atoms with E-state index in [1.54, 1.807) is 19.2 Å². The molecule has 0 aliphatic carbocycles. The molecule has 0 spiro atoms. The van der Waals surface area contributed by atoms with Gasteiger partial charge >= 0.3 is 0 Å². The van der Waals surface area contributed by atoms with E-state index in [-0.39, 0.29) is 17.6 Å². The number of anilines is 1. The van der Waals surface area contributed by atoms with Crippen LogP contribution < -0.4 is 19.1 Å². The van der Waals surface area contributed by atoms with Crippen molar-refractivity contribution in [2.24, 2.45) is 0 Å². The van der Waals surface area contributed by atoms with Crippen LogP contribution in [0.5, 0.6) is 11.5 Å². The van der Waals surface area contributed by atoms with Gasteiger partial charge in [0.1, 0.15) is 17.5 Å². The minimum atomic E-state index is -3.83. The number of nitrogens with zero attached hydrogens (tertiary/aromatic N) is 1. The van der Waals surface area contributed by atoms with Crippen molar-refractivity contribution < 1.29 is 22.7 Å². The van der Waals surface area contributed by atoms with E-state index in [9.17, 15) is 13.2 Å². The molecule has 9 heteroatoms. The highest BCUT2D eigenvalue weighted by Gasteiger charge is 2.32. The first-order valence-electron chi connectivity index (χ1n) is 10.6. The number of methoxy groups -OCH3 is 2. The molecular weight excluding hydrogens is 464 g/mol. The summed E-state index contributed by atoms with van der Waals surface area (Å²) in [5.74, 6) is 0.882. The van der Waals surface area contributed by atoms with Gasteiger partial charge in [0.2, 0.25) is 15.9 Å². The van der Waals surface area contributed by atoms with Gasteiger partial charge in [-0.3, -0.25) is 9.10 Å². The molecule has 2 aromatic rings. The summed E-state index contributed by atoms with van der Waals surface area (Å²) in [6.07, 6.45) is 1.04. The Hall–Kier alpha value is -2.45. The predicted molar refractivity (Wildman–Crippen MR) is 133 cm³/mol. The van der Waals surface area contributed by atoms with Crippen molar-refractivity contribution in [3.63, 3.8) is 0 Å². The second-order valence-electron chi connectivity index (χ2n) is 8.39. The van der Waals surface area contributed by atoms with Crippen molar-refractivity contribution in [2.45, 2.75) is 52.6 Å². The molecule has 0 heterocycles. The molecule has 0 bridgehead atoms. The van der Waals surface area contributed by atoms with Gasteiger partial charge in [0.25, 0.3) is 0 Å².